The largest absolute Gasteiger partial charge is 0.0885 e. The van der Waals surface area contributed by atoms with E-state index in [2.05, 4.69) is 50.3 Å². The number of unbranched alkanes of at least 4 members (excludes halogenated alkanes) is 1. The van der Waals surface area contributed by atoms with Crippen LogP contribution in [0.15, 0.2) is 36.4 Å². The van der Waals surface area contributed by atoms with Gasteiger partial charge in [0.1, 0.15) is 0 Å². The van der Waals surface area contributed by atoms with Crippen LogP contribution in [0.25, 0.3) is 0 Å². The second-order valence-corrected chi connectivity index (χ2v) is 9.03. The summed E-state index contributed by atoms with van der Waals surface area (Å²) < 4.78 is 0. The van der Waals surface area contributed by atoms with E-state index in [0.717, 1.165) is 23.7 Å². The van der Waals surface area contributed by atoms with E-state index < -0.39 is 0 Å². The summed E-state index contributed by atoms with van der Waals surface area (Å²) in [5, 5.41) is 0. The molecule has 1 aromatic carbocycles. The van der Waals surface area contributed by atoms with Crippen molar-refractivity contribution >= 4 is 0 Å². The molecule has 2 aliphatic carbocycles. The molecule has 2 unspecified atom stereocenters. The SMILES string of the molecule is CCCCc1ccc(C(CC2CC=CCC2)C2CCC(CC)CC2)cc1. The number of hydrogen-bond acceptors (Lipinski definition) is 0. The van der Waals surface area contributed by atoms with Crippen molar-refractivity contribution in [1.29, 1.82) is 0 Å². The summed E-state index contributed by atoms with van der Waals surface area (Å²) in [5.41, 5.74) is 3.17. The van der Waals surface area contributed by atoms with Gasteiger partial charge in [0.2, 0.25) is 0 Å². The summed E-state index contributed by atoms with van der Waals surface area (Å²) in [6.07, 6.45) is 21.4. The Hall–Kier alpha value is -1.04. The van der Waals surface area contributed by atoms with Crippen LogP contribution in [0.4, 0.5) is 0 Å². The lowest BCUT2D eigenvalue weighted by molar-refractivity contribution is 0.215. The van der Waals surface area contributed by atoms with Gasteiger partial charge in [-0.05, 0) is 86.2 Å². The van der Waals surface area contributed by atoms with Gasteiger partial charge in [-0.25, -0.2) is 0 Å². The lowest BCUT2D eigenvalue weighted by atomic mass is 9.69. The summed E-state index contributed by atoms with van der Waals surface area (Å²) in [5.74, 6) is 3.63. The first-order valence-electron chi connectivity index (χ1n) is 11.5. The third kappa shape index (κ3) is 5.48. The Bertz CT molecular complexity index is 530. The van der Waals surface area contributed by atoms with Gasteiger partial charge >= 0.3 is 0 Å². The van der Waals surface area contributed by atoms with Crippen molar-refractivity contribution in [3.63, 3.8) is 0 Å². The highest BCUT2D eigenvalue weighted by Crippen LogP contribution is 2.43. The van der Waals surface area contributed by atoms with Crippen molar-refractivity contribution < 1.29 is 0 Å². The van der Waals surface area contributed by atoms with Crippen LogP contribution < -0.4 is 0 Å². The van der Waals surface area contributed by atoms with E-state index in [1.165, 1.54) is 82.6 Å². The highest BCUT2D eigenvalue weighted by atomic mass is 14.3. The van der Waals surface area contributed by atoms with E-state index in [1.54, 1.807) is 5.56 Å². The van der Waals surface area contributed by atoms with Crippen LogP contribution in [0.2, 0.25) is 0 Å². The normalized spacial score (nSPS) is 27.4. The Morgan fingerprint density at radius 1 is 0.885 bits per heavy atom. The van der Waals surface area contributed by atoms with Crippen LogP contribution in [-0.2, 0) is 6.42 Å². The molecule has 3 rings (SSSR count). The van der Waals surface area contributed by atoms with Gasteiger partial charge in [0.25, 0.3) is 0 Å². The fourth-order valence-corrected chi connectivity index (χ4v) is 5.34. The highest BCUT2D eigenvalue weighted by molar-refractivity contribution is 5.26. The first-order chi connectivity index (χ1) is 12.8. The van der Waals surface area contributed by atoms with Gasteiger partial charge < -0.3 is 0 Å². The molecule has 0 heterocycles. The minimum absolute atomic E-state index is 0.796. The van der Waals surface area contributed by atoms with Crippen molar-refractivity contribution in [2.75, 3.05) is 0 Å². The summed E-state index contributed by atoms with van der Waals surface area (Å²) in [4.78, 5) is 0. The third-order valence-electron chi connectivity index (χ3n) is 7.23. The Morgan fingerprint density at radius 3 is 2.27 bits per heavy atom. The zero-order valence-corrected chi connectivity index (χ0v) is 17.3. The molecule has 1 saturated carbocycles. The predicted molar refractivity (Wildman–Crippen MR) is 115 cm³/mol. The van der Waals surface area contributed by atoms with Crippen molar-refractivity contribution in [3.05, 3.63) is 47.5 Å². The second kappa shape index (κ2) is 10.3. The second-order valence-electron chi connectivity index (χ2n) is 9.03. The molecule has 0 N–H and O–H groups in total. The van der Waals surface area contributed by atoms with E-state index in [0.29, 0.717) is 0 Å². The molecule has 144 valence electrons. The van der Waals surface area contributed by atoms with E-state index in [4.69, 9.17) is 0 Å². The van der Waals surface area contributed by atoms with E-state index in [9.17, 15) is 0 Å². The number of rotatable bonds is 8. The quantitative estimate of drug-likeness (QED) is 0.415. The fourth-order valence-electron chi connectivity index (χ4n) is 5.34. The lowest BCUT2D eigenvalue weighted by Gasteiger charge is -2.36. The summed E-state index contributed by atoms with van der Waals surface area (Å²) >= 11 is 0. The van der Waals surface area contributed by atoms with Crippen molar-refractivity contribution in [2.24, 2.45) is 17.8 Å². The molecule has 0 saturated heterocycles. The lowest BCUT2D eigenvalue weighted by Crippen LogP contribution is -2.23. The standard InChI is InChI=1S/C26H40/c1-3-5-9-22-14-18-25(19-15-22)26(20-23-10-7-6-8-11-23)24-16-12-21(4-2)13-17-24/h6-7,14-15,18-19,21,23-24,26H,3-5,8-13,16-17,20H2,1-2H3. The van der Waals surface area contributed by atoms with Crippen molar-refractivity contribution in [1.82, 2.24) is 0 Å². The first kappa shape index (κ1) is 19.7. The zero-order chi connectivity index (χ0) is 18.2. The van der Waals surface area contributed by atoms with E-state index >= 15 is 0 Å². The fraction of sp³-hybridized carbons (Fsp3) is 0.692. The maximum atomic E-state index is 2.49. The van der Waals surface area contributed by atoms with E-state index in [1.807, 2.05) is 0 Å². The summed E-state index contributed by atoms with van der Waals surface area (Å²) in [7, 11) is 0. The summed E-state index contributed by atoms with van der Waals surface area (Å²) in [6, 6.07) is 9.83. The number of allylic oxidation sites excluding steroid dienone is 2. The molecule has 0 aromatic heterocycles. The topological polar surface area (TPSA) is 0 Å². The molecule has 0 nitrogen and oxygen atoms in total. The number of benzene rings is 1. The molecule has 0 spiro atoms. The average Bonchev–Trinajstić information content (AvgIpc) is 2.72. The smallest absolute Gasteiger partial charge is 0.0131 e. The van der Waals surface area contributed by atoms with Crippen LogP contribution in [0, 0.1) is 17.8 Å². The monoisotopic (exact) mass is 352 g/mol. The van der Waals surface area contributed by atoms with Crippen molar-refractivity contribution in [2.45, 2.75) is 96.8 Å². The van der Waals surface area contributed by atoms with Gasteiger partial charge in [-0.2, -0.15) is 0 Å². The molecule has 2 aliphatic rings. The molecule has 1 aromatic rings. The molecule has 0 heteroatoms. The molecular formula is C26H40. The highest BCUT2D eigenvalue weighted by Gasteiger charge is 2.30. The van der Waals surface area contributed by atoms with Gasteiger partial charge in [0.05, 0.1) is 0 Å². The maximum absolute atomic E-state index is 2.49. The predicted octanol–water partition coefficient (Wildman–Crippen LogP) is 8.08. The van der Waals surface area contributed by atoms with Gasteiger partial charge in [-0.15, -0.1) is 0 Å². The van der Waals surface area contributed by atoms with Gasteiger partial charge in [-0.1, -0.05) is 75.9 Å². The molecule has 0 aliphatic heterocycles. The zero-order valence-electron chi connectivity index (χ0n) is 17.3. The van der Waals surface area contributed by atoms with Crippen LogP contribution in [0.3, 0.4) is 0 Å². The molecule has 0 bridgehead atoms. The van der Waals surface area contributed by atoms with Crippen LogP contribution in [-0.4, -0.2) is 0 Å². The van der Waals surface area contributed by atoms with Crippen LogP contribution >= 0.6 is 0 Å². The minimum atomic E-state index is 0.796. The minimum Gasteiger partial charge on any atom is -0.0885 e. The third-order valence-corrected chi connectivity index (χ3v) is 7.23. The average molecular weight is 353 g/mol. The van der Waals surface area contributed by atoms with Crippen LogP contribution in [0.1, 0.15) is 102 Å². The first-order valence-corrected chi connectivity index (χ1v) is 11.5. The Labute approximate surface area is 162 Å². The van der Waals surface area contributed by atoms with Crippen molar-refractivity contribution in [3.8, 4) is 0 Å². The van der Waals surface area contributed by atoms with Gasteiger partial charge in [0.15, 0.2) is 0 Å². The van der Waals surface area contributed by atoms with E-state index in [-0.39, 0.29) is 0 Å². The van der Waals surface area contributed by atoms with Gasteiger partial charge in [-0.3, -0.25) is 0 Å². The number of aryl methyl sites for hydroxylation is 1. The number of hydrogen-bond donors (Lipinski definition) is 0. The Balaban J connectivity index is 1.70. The summed E-state index contributed by atoms with van der Waals surface area (Å²) in [6.45, 7) is 4.67. The Morgan fingerprint density at radius 2 is 1.65 bits per heavy atom. The molecule has 26 heavy (non-hydrogen) atoms. The molecular weight excluding hydrogens is 312 g/mol. The molecule has 1 fully saturated rings. The van der Waals surface area contributed by atoms with Gasteiger partial charge in [0, 0.05) is 0 Å². The maximum Gasteiger partial charge on any atom is -0.0131 e. The molecule has 0 amide bonds. The Kier molecular flexibility index (Phi) is 7.84. The molecule has 0 radical (unpaired) electrons. The molecule has 2 atom stereocenters. The van der Waals surface area contributed by atoms with Crippen LogP contribution in [0.5, 0.6) is 0 Å².